The zero-order valence-electron chi connectivity index (χ0n) is 8.83. The number of hydrogen-bond acceptors (Lipinski definition) is 2. The van der Waals surface area contributed by atoms with Crippen molar-refractivity contribution in [2.75, 3.05) is 6.54 Å². The van der Waals surface area contributed by atoms with E-state index in [4.69, 9.17) is 11.2 Å². The molecule has 3 nitrogen and oxygen atoms in total. The summed E-state index contributed by atoms with van der Waals surface area (Å²) in [5, 5.41) is 0. The topological polar surface area (TPSA) is 29.5 Å². The predicted molar refractivity (Wildman–Crippen MR) is 54.5 cm³/mol. The van der Waals surface area contributed by atoms with E-state index < -0.39 is 5.60 Å². The fourth-order valence-corrected chi connectivity index (χ4v) is 1.09. The van der Waals surface area contributed by atoms with E-state index in [-0.39, 0.29) is 6.09 Å². The Balaban J connectivity index is 2.50. The molecule has 0 aromatic carbocycles. The number of amides is 1. The van der Waals surface area contributed by atoms with Crippen LogP contribution in [0, 0.1) is 12.3 Å². The minimum absolute atomic E-state index is 0.315. The Hall–Kier alpha value is -1.43. The Morgan fingerprint density at radius 3 is 2.71 bits per heavy atom. The molecule has 1 aliphatic rings. The second-order valence-corrected chi connectivity index (χ2v) is 4.17. The summed E-state index contributed by atoms with van der Waals surface area (Å²) in [6, 6.07) is 0. The quantitative estimate of drug-likeness (QED) is 0.597. The molecule has 0 saturated heterocycles. The number of rotatable bonds is 1. The van der Waals surface area contributed by atoms with Gasteiger partial charge in [0.05, 0.1) is 0 Å². The molecule has 0 fully saturated rings. The largest absolute Gasteiger partial charge is 0.443 e. The number of nitrogens with zero attached hydrogens (tertiary/aromatic N) is 1. The standard InChI is InChI=1S/C11H15NO2/c1-5-6-9-7-8-12(9)10(13)14-11(2,3)4/h1,7H,6,8H2,2-4H3. The van der Waals surface area contributed by atoms with Crippen molar-refractivity contribution in [2.45, 2.75) is 32.8 Å². The molecule has 14 heavy (non-hydrogen) atoms. The van der Waals surface area contributed by atoms with Gasteiger partial charge in [-0.25, -0.2) is 4.79 Å². The van der Waals surface area contributed by atoms with E-state index >= 15 is 0 Å². The lowest BCUT2D eigenvalue weighted by Gasteiger charge is -2.32. The smallest absolute Gasteiger partial charge is 0.414 e. The Morgan fingerprint density at radius 1 is 1.71 bits per heavy atom. The molecule has 1 amide bonds. The van der Waals surface area contributed by atoms with E-state index in [1.165, 1.54) is 0 Å². The van der Waals surface area contributed by atoms with E-state index in [0.717, 1.165) is 5.70 Å². The third kappa shape index (κ3) is 2.53. The van der Waals surface area contributed by atoms with Crippen LogP contribution in [0.15, 0.2) is 11.8 Å². The maximum absolute atomic E-state index is 11.5. The maximum atomic E-state index is 11.5. The lowest BCUT2D eigenvalue weighted by molar-refractivity contribution is 0.0297. The van der Waals surface area contributed by atoms with Gasteiger partial charge in [-0.3, -0.25) is 4.90 Å². The molecule has 0 aromatic rings. The lowest BCUT2D eigenvalue weighted by Crippen LogP contribution is -2.41. The van der Waals surface area contributed by atoms with Gasteiger partial charge in [-0.05, 0) is 26.8 Å². The highest BCUT2D eigenvalue weighted by Crippen LogP contribution is 2.21. The van der Waals surface area contributed by atoms with Crippen LogP contribution in [0.1, 0.15) is 27.2 Å². The van der Waals surface area contributed by atoms with Gasteiger partial charge < -0.3 is 4.74 Å². The van der Waals surface area contributed by atoms with Gasteiger partial charge in [0.1, 0.15) is 5.60 Å². The van der Waals surface area contributed by atoms with Crippen LogP contribution in [0.2, 0.25) is 0 Å². The first kappa shape index (κ1) is 10.6. The van der Waals surface area contributed by atoms with Crippen molar-refractivity contribution in [3.8, 4) is 12.3 Å². The SMILES string of the molecule is C#CCC1=CCN1C(=O)OC(C)(C)C. The number of allylic oxidation sites excluding steroid dienone is 1. The molecular weight excluding hydrogens is 178 g/mol. The van der Waals surface area contributed by atoms with Crippen molar-refractivity contribution in [3.63, 3.8) is 0 Å². The number of carbonyl (C=O) groups is 1. The van der Waals surface area contributed by atoms with Crippen molar-refractivity contribution in [3.05, 3.63) is 11.8 Å². The van der Waals surface area contributed by atoms with E-state index in [2.05, 4.69) is 5.92 Å². The molecule has 0 aromatic heterocycles. The van der Waals surface area contributed by atoms with E-state index in [9.17, 15) is 4.79 Å². The first-order valence-corrected chi connectivity index (χ1v) is 4.57. The third-order valence-corrected chi connectivity index (χ3v) is 1.75. The zero-order valence-corrected chi connectivity index (χ0v) is 8.83. The van der Waals surface area contributed by atoms with Crippen molar-refractivity contribution in [2.24, 2.45) is 0 Å². The Morgan fingerprint density at radius 2 is 2.36 bits per heavy atom. The summed E-state index contributed by atoms with van der Waals surface area (Å²) in [6.45, 7) is 6.13. The first-order valence-electron chi connectivity index (χ1n) is 4.57. The molecule has 3 heteroatoms. The van der Waals surface area contributed by atoms with Gasteiger partial charge in [0, 0.05) is 18.7 Å². The normalized spacial score (nSPS) is 15.3. The molecule has 0 saturated carbocycles. The van der Waals surface area contributed by atoms with E-state index in [1.54, 1.807) is 4.90 Å². The molecule has 0 spiro atoms. The minimum Gasteiger partial charge on any atom is -0.443 e. The average Bonchev–Trinajstić information content (AvgIpc) is 1.93. The highest BCUT2D eigenvalue weighted by molar-refractivity contribution is 5.72. The molecule has 1 heterocycles. The van der Waals surface area contributed by atoms with Crippen LogP contribution in [0.5, 0.6) is 0 Å². The number of terminal acetylenes is 1. The fourth-order valence-electron chi connectivity index (χ4n) is 1.09. The number of hydrogen-bond donors (Lipinski definition) is 0. The summed E-state index contributed by atoms with van der Waals surface area (Å²) in [6.07, 6.45) is 7.26. The first-order chi connectivity index (χ1) is 6.44. The summed E-state index contributed by atoms with van der Waals surface area (Å²) < 4.78 is 5.20. The molecule has 1 aliphatic heterocycles. The summed E-state index contributed by atoms with van der Waals surface area (Å²) in [7, 11) is 0. The van der Waals surface area contributed by atoms with Gasteiger partial charge in [-0.2, -0.15) is 0 Å². The van der Waals surface area contributed by atoms with Crippen molar-refractivity contribution in [1.82, 2.24) is 4.90 Å². The summed E-state index contributed by atoms with van der Waals surface area (Å²) in [4.78, 5) is 13.1. The number of ether oxygens (including phenoxy) is 1. The maximum Gasteiger partial charge on any atom is 0.414 e. The fraction of sp³-hybridized carbons (Fsp3) is 0.545. The third-order valence-electron chi connectivity index (χ3n) is 1.75. The molecule has 76 valence electrons. The van der Waals surface area contributed by atoms with Crippen LogP contribution in [0.3, 0.4) is 0 Å². The van der Waals surface area contributed by atoms with Gasteiger partial charge in [0.25, 0.3) is 0 Å². The molecule has 0 aliphatic carbocycles. The van der Waals surface area contributed by atoms with Crippen molar-refractivity contribution in [1.29, 1.82) is 0 Å². The molecule has 0 bridgehead atoms. The second kappa shape index (κ2) is 3.75. The lowest BCUT2D eigenvalue weighted by atomic mass is 10.1. The van der Waals surface area contributed by atoms with Crippen LogP contribution >= 0.6 is 0 Å². The van der Waals surface area contributed by atoms with Crippen molar-refractivity contribution >= 4 is 6.09 Å². The Bertz CT molecular complexity index is 304. The van der Waals surface area contributed by atoms with Crippen molar-refractivity contribution < 1.29 is 9.53 Å². The Kier molecular flexibility index (Phi) is 2.85. The zero-order chi connectivity index (χ0) is 10.8. The molecular formula is C11H15NO2. The molecule has 1 rings (SSSR count). The average molecular weight is 193 g/mol. The monoisotopic (exact) mass is 193 g/mol. The molecule has 0 atom stereocenters. The molecule has 0 unspecified atom stereocenters. The highest BCUT2D eigenvalue weighted by Gasteiger charge is 2.27. The van der Waals surface area contributed by atoms with E-state index in [1.807, 2.05) is 26.8 Å². The van der Waals surface area contributed by atoms with Gasteiger partial charge >= 0.3 is 6.09 Å². The van der Waals surface area contributed by atoms with Crippen LogP contribution in [0.4, 0.5) is 4.79 Å². The Labute approximate surface area is 84.7 Å². The minimum atomic E-state index is -0.450. The molecule has 0 radical (unpaired) electrons. The summed E-state index contributed by atoms with van der Waals surface area (Å²) in [5.74, 6) is 2.50. The summed E-state index contributed by atoms with van der Waals surface area (Å²) >= 11 is 0. The van der Waals surface area contributed by atoms with Crippen LogP contribution in [-0.2, 0) is 4.74 Å². The van der Waals surface area contributed by atoms with Gasteiger partial charge in [-0.1, -0.05) is 0 Å². The van der Waals surface area contributed by atoms with Gasteiger partial charge in [-0.15, -0.1) is 12.3 Å². The van der Waals surface area contributed by atoms with Crippen LogP contribution in [0.25, 0.3) is 0 Å². The summed E-state index contributed by atoms with van der Waals surface area (Å²) in [5.41, 5.74) is 0.412. The van der Waals surface area contributed by atoms with Gasteiger partial charge in [0.2, 0.25) is 0 Å². The molecule has 0 N–H and O–H groups in total. The highest BCUT2D eigenvalue weighted by atomic mass is 16.6. The number of carbonyl (C=O) groups excluding carboxylic acids is 1. The second-order valence-electron chi connectivity index (χ2n) is 4.17. The van der Waals surface area contributed by atoms with E-state index in [0.29, 0.717) is 13.0 Å². The van der Waals surface area contributed by atoms with Gasteiger partial charge in [0.15, 0.2) is 0 Å². The predicted octanol–water partition coefficient (Wildman–Crippen LogP) is 2.14. The van der Waals surface area contributed by atoms with Crippen LogP contribution in [-0.4, -0.2) is 23.1 Å². The van der Waals surface area contributed by atoms with Crippen LogP contribution < -0.4 is 0 Å².